The maximum Gasteiger partial charge on any atom is 0.408 e. The molecule has 13 nitrogen and oxygen atoms in total. The minimum Gasteiger partial charge on any atom is -0.458 e. The van der Waals surface area contributed by atoms with Gasteiger partial charge in [-0.3, -0.25) is 9.59 Å². The summed E-state index contributed by atoms with van der Waals surface area (Å²) in [5.74, 6) is -3.93. The van der Waals surface area contributed by atoms with Crippen LogP contribution in [0.5, 0.6) is 0 Å². The molecule has 0 saturated carbocycles. The smallest absolute Gasteiger partial charge is 0.408 e. The van der Waals surface area contributed by atoms with Crippen LogP contribution in [0, 0.1) is 23.7 Å². The van der Waals surface area contributed by atoms with Gasteiger partial charge < -0.3 is 48.9 Å². The van der Waals surface area contributed by atoms with Crippen LogP contribution in [0.1, 0.15) is 88.5 Å². The predicted octanol–water partition coefficient (Wildman–Crippen LogP) is 3.02. The van der Waals surface area contributed by atoms with Crippen molar-refractivity contribution in [1.29, 1.82) is 0 Å². The summed E-state index contributed by atoms with van der Waals surface area (Å²) in [6.45, 7) is 17.4. The molecule has 272 valence electrons. The molecule has 13 heteroatoms. The van der Waals surface area contributed by atoms with Gasteiger partial charge in [-0.05, 0) is 73.9 Å². The van der Waals surface area contributed by atoms with Gasteiger partial charge in [0.15, 0.2) is 18.0 Å². The Morgan fingerprint density at radius 2 is 1.72 bits per heavy atom. The molecule has 3 aliphatic heterocycles. The molecule has 0 spiro atoms. The Bertz CT molecular complexity index is 1120. The molecule has 1 amide bonds. The Morgan fingerprint density at radius 3 is 2.26 bits per heavy atom. The monoisotopic (exact) mass is 672 g/mol. The maximum absolute atomic E-state index is 13.7. The number of hydrogen-bond donors (Lipinski definition) is 3. The molecule has 0 aromatic rings. The zero-order valence-corrected chi connectivity index (χ0v) is 30.6. The number of aliphatic hydroxyl groups excluding tert-OH is 1. The second-order valence-corrected chi connectivity index (χ2v) is 15.0. The van der Waals surface area contributed by atoms with Crippen LogP contribution in [-0.4, -0.2) is 120 Å². The summed E-state index contributed by atoms with van der Waals surface area (Å²) in [5, 5.41) is 26.9. The van der Waals surface area contributed by atoms with E-state index >= 15 is 0 Å². The van der Waals surface area contributed by atoms with Crippen molar-refractivity contribution in [2.45, 2.75) is 154 Å². The lowest BCUT2D eigenvalue weighted by atomic mass is 9.67. The highest BCUT2D eigenvalue weighted by molar-refractivity contribution is 5.74. The van der Waals surface area contributed by atoms with E-state index in [0.29, 0.717) is 12.8 Å². The number of hydrogen-bond acceptors (Lipinski definition) is 12. The Kier molecular flexibility index (Phi) is 12.4. The molecule has 3 rings (SSSR count). The summed E-state index contributed by atoms with van der Waals surface area (Å²) in [5.41, 5.74) is -3.85. The number of amides is 1. The summed E-state index contributed by atoms with van der Waals surface area (Å²) < 4.78 is 36.9. The molecular formula is C34H60N2O11. The molecule has 0 aromatic heterocycles. The fourth-order valence-corrected chi connectivity index (χ4v) is 7.92. The highest BCUT2D eigenvalue weighted by Gasteiger charge is 2.59. The molecule has 3 aliphatic rings. The molecule has 3 N–H and O–H groups in total. The summed E-state index contributed by atoms with van der Waals surface area (Å²) in [7, 11) is 5.33. The zero-order valence-electron chi connectivity index (χ0n) is 30.6. The maximum atomic E-state index is 13.7. The molecular weight excluding hydrogens is 612 g/mol. The van der Waals surface area contributed by atoms with Crippen LogP contribution >= 0.6 is 0 Å². The quantitative estimate of drug-likeness (QED) is 0.280. The summed E-state index contributed by atoms with van der Waals surface area (Å²) in [6, 6.07) is -0.934. The molecule has 3 fully saturated rings. The molecule has 3 heterocycles. The van der Waals surface area contributed by atoms with Crippen molar-refractivity contribution < 1.29 is 53.0 Å². The van der Waals surface area contributed by atoms with Crippen LogP contribution in [0.4, 0.5) is 4.79 Å². The van der Waals surface area contributed by atoms with Crippen LogP contribution < -0.4 is 5.32 Å². The van der Waals surface area contributed by atoms with Crippen molar-refractivity contribution in [3.05, 3.63) is 0 Å². The Morgan fingerprint density at radius 1 is 1.11 bits per heavy atom. The van der Waals surface area contributed by atoms with Gasteiger partial charge in [0.2, 0.25) is 0 Å². The number of nitrogens with one attached hydrogen (secondary N) is 1. The van der Waals surface area contributed by atoms with Gasteiger partial charge >= 0.3 is 18.0 Å². The van der Waals surface area contributed by atoms with Crippen LogP contribution in [0.3, 0.4) is 0 Å². The third kappa shape index (κ3) is 7.91. The van der Waals surface area contributed by atoms with Gasteiger partial charge in [-0.2, -0.15) is 0 Å². The van der Waals surface area contributed by atoms with Crippen molar-refractivity contribution in [3.63, 3.8) is 0 Å². The molecule has 0 aromatic carbocycles. The number of aliphatic hydroxyl groups is 2. The normalized spacial score (nSPS) is 46.9. The first-order valence-electron chi connectivity index (χ1n) is 16.9. The Hall–Kier alpha value is -2.03. The van der Waals surface area contributed by atoms with Gasteiger partial charge in [-0.1, -0.05) is 27.7 Å². The van der Waals surface area contributed by atoms with E-state index < -0.39 is 95.3 Å². The minimum atomic E-state index is -1.40. The van der Waals surface area contributed by atoms with Crippen molar-refractivity contribution in [1.82, 2.24) is 10.2 Å². The molecule has 15 atom stereocenters. The number of carbonyl (C=O) groups is 3. The number of carbonyl (C=O) groups excluding carboxylic acids is 3. The lowest BCUT2D eigenvalue weighted by molar-refractivity contribution is -0.305. The number of esters is 2. The lowest BCUT2D eigenvalue weighted by Gasteiger charge is -2.50. The van der Waals surface area contributed by atoms with Gasteiger partial charge in [0.1, 0.15) is 6.10 Å². The standard InChI is InChI=1S/C34H60N2O11/c1-14-24-34(10)27(35-31(40)47-34)21(6)33(9,41)17(2)16-32(8,42-13)28(19(4)25(38)20(5)29(39)45-24)46-30-26(44-22(7)37)23(36(11)12)15-18(3)43-30/h17-21,23-28,30,38,41H,14-16H2,1-13H3,(H,35,40)/t17-,18-,19+,20-,21-,23+,24?,25+,26-,27-,28-,30+,32-,33+,34-/m1/s1. The lowest BCUT2D eigenvalue weighted by Crippen LogP contribution is -2.63. The van der Waals surface area contributed by atoms with E-state index in [1.807, 2.05) is 53.6 Å². The van der Waals surface area contributed by atoms with Crippen LogP contribution in [0.25, 0.3) is 0 Å². The second kappa shape index (κ2) is 14.8. The molecule has 0 bridgehead atoms. The second-order valence-electron chi connectivity index (χ2n) is 15.0. The highest BCUT2D eigenvalue weighted by Crippen LogP contribution is 2.45. The number of rotatable bonds is 6. The predicted molar refractivity (Wildman–Crippen MR) is 172 cm³/mol. The zero-order chi connectivity index (χ0) is 35.8. The van der Waals surface area contributed by atoms with Gasteiger partial charge in [-0.25, -0.2) is 4.79 Å². The Balaban J connectivity index is 2.16. The summed E-state index contributed by atoms with van der Waals surface area (Å²) in [6.07, 6.45) is -4.63. The van der Waals surface area contributed by atoms with Gasteiger partial charge in [0, 0.05) is 25.9 Å². The number of likely N-dealkylation sites (N-methyl/N-ethyl adjacent to an activating group) is 1. The van der Waals surface area contributed by atoms with Crippen molar-refractivity contribution in [2.24, 2.45) is 23.7 Å². The first-order valence-corrected chi connectivity index (χ1v) is 16.9. The molecule has 1 unspecified atom stereocenters. The molecule has 0 aliphatic carbocycles. The first kappa shape index (κ1) is 39.4. The van der Waals surface area contributed by atoms with Gasteiger partial charge in [0.25, 0.3) is 0 Å². The minimum absolute atomic E-state index is 0.223. The van der Waals surface area contributed by atoms with Crippen LogP contribution in [-0.2, 0) is 38.0 Å². The van der Waals surface area contributed by atoms with E-state index in [2.05, 4.69) is 5.32 Å². The van der Waals surface area contributed by atoms with E-state index in [0.717, 1.165) is 0 Å². The number of nitrogens with zero attached hydrogens (tertiary/aromatic N) is 1. The third-order valence-corrected chi connectivity index (χ3v) is 11.4. The van der Waals surface area contributed by atoms with Crippen LogP contribution in [0.2, 0.25) is 0 Å². The SMILES string of the molecule is CCC1OC(=O)[C@H](C)[C@@H](O)[C@H](C)[C@@H](O[C@@H]2O[C@H](C)C[C@H](N(C)C)[C@H]2OC(C)=O)[C@](C)(OC)C[C@@H](C)[C@](C)(O)[C@H](C)[C@H]2NC(=O)O[C@]12C. The van der Waals surface area contributed by atoms with Gasteiger partial charge in [0.05, 0.1) is 47.5 Å². The number of alkyl carbamates (subject to hydrolysis) is 1. The van der Waals surface area contributed by atoms with E-state index in [9.17, 15) is 24.6 Å². The molecule has 0 radical (unpaired) electrons. The third-order valence-electron chi connectivity index (χ3n) is 11.4. The van der Waals surface area contributed by atoms with E-state index in [1.165, 1.54) is 14.0 Å². The van der Waals surface area contributed by atoms with Crippen molar-refractivity contribution in [3.8, 4) is 0 Å². The Labute approximate surface area is 280 Å². The van der Waals surface area contributed by atoms with E-state index in [1.54, 1.807) is 27.7 Å². The molecule has 3 saturated heterocycles. The number of fused-ring (bicyclic) bond motifs is 1. The number of methoxy groups -OCH3 is 1. The highest BCUT2D eigenvalue weighted by atomic mass is 16.7. The average molecular weight is 673 g/mol. The van der Waals surface area contributed by atoms with Crippen molar-refractivity contribution >= 4 is 18.0 Å². The topological polar surface area (TPSA) is 162 Å². The van der Waals surface area contributed by atoms with Gasteiger partial charge in [-0.15, -0.1) is 0 Å². The van der Waals surface area contributed by atoms with E-state index in [-0.39, 0.29) is 18.6 Å². The van der Waals surface area contributed by atoms with Crippen LogP contribution in [0.15, 0.2) is 0 Å². The first-order chi connectivity index (χ1) is 21.6. The average Bonchev–Trinajstić information content (AvgIpc) is 3.30. The largest absolute Gasteiger partial charge is 0.458 e. The van der Waals surface area contributed by atoms with E-state index in [4.69, 9.17) is 28.4 Å². The summed E-state index contributed by atoms with van der Waals surface area (Å²) in [4.78, 5) is 40.6. The fourth-order valence-electron chi connectivity index (χ4n) is 7.92. The summed E-state index contributed by atoms with van der Waals surface area (Å²) >= 11 is 0. The van der Waals surface area contributed by atoms with Crippen molar-refractivity contribution in [2.75, 3.05) is 21.2 Å². The fraction of sp³-hybridized carbons (Fsp3) is 0.912. The molecule has 47 heavy (non-hydrogen) atoms. The number of cyclic esters (lactones) is 1. The number of ether oxygens (including phenoxy) is 6.